The standard InChI is InChI=1S/C13H12N4O2/c18-13(19)11-8-2-1-7-5-9(7)12(8)17(16-11)10-6-14-3-4-15-10/h3-4,6-7,9H,1-2,5H2,(H,18,19)/t7-,9+/m1/s1. The van der Waals surface area contributed by atoms with Crippen molar-refractivity contribution in [3.63, 3.8) is 0 Å². The molecule has 2 aliphatic carbocycles. The van der Waals surface area contributed by atoms with E-state index in [9.17, 15) is 9.90 Å². The molecule has 1 N–H and O–H groups in total. The highest BCUT2D eigenvalue weighted by Gasteiger charge is 2.46. The molecule has 0 aromatic carbocycles. The molecular weight excluding hydrogens is 244 g/mol. The van der Waals surface area contributed by atoms with Gasteiger partial charge in [-0.15, -0.1) is 0 Å². The van der Waals surface area contributed by atoms with Gasteiger partial charge in [-0.3, -0.25) is 4.98 Å². The van der Waals surface area contributed by atoms with Crippen LogP contribution in [-0.2, 0) is 6.42 Å². The summed E-state index contributed by atoms with van der Waals surface area (Å²) in [6.45, 7) is 0. The van der Waals surface area contributed by atoms with Crippen molar-refractivity contribution in [3.8, 4) is 5.82 Å². The topological polar surface area (TPSA) is 80.9 Å². The highest BCUT2D eigenvalue weighted by Crippen LogP contribution is 2.55. The molecule has 6 nitrogen and oxygen atoms in total. The summed E-state index contributed by atoms with van der Waals surface area (Å²) < 4.78 is 1.68. The number of carbonyl (C=O) groups is 1. The fourth-order valence-electron chi connectivity index (χ4n) is 3.07. The quantitative estimate of drug-likeness (QED) is 0.878. The van der Waals surface area contributed by atoms with Gasteiger partial charge in [0, 0.05) is 23.9 Å². The molecule has 0 radical (unpaired) electrons. The van der Waals surface area contributed by atoms with Crippen LogP contribution in [0.1, 0.15) is 40.5 Å². The molecule has 2 atom stereocenters. The highest BCUT2D eigenvalue weighted by molar-refractivity contribution is 5.87. The predicted molar refractivity (Wildman–Crippen MR) is 65.3 cm³/mol. The van der Waals surface area contributed by atoms with Crippen LogP contribution < -0.4 is 0 Å². The molecule has 0 saturated heterocycles. The lowest BCUT2D eigenvalue weighted by Crippen LogP contribution is -2.08. The lowest BCUT2D eigenvalue weighted by Gasteiger charge is -2.12. The third-order valence-electron chi connectivity index (χ3n) is 4.03. The Balaban J connectivity index is 1.94. The summed E-state index contributed by atoms with van der Waals surface area (Å²) in [5.41, 5.74) is 2.09. The Morgan fingerprint density at radius 1 is 1.42 bits per heavy atom. The minimum Gasteiger partial charge on any atom is -0.476 e. The van der Waals surface area contributed by atoms with Gasteiger partial charge in [0.05, 0.1) is 11.9 Å². The normalized spacial score (nSPS) is 23.6. The maximum absolute atomic E-state index is 11.3. The number of aromatic nitrogens is 4. The Bertz CT molecular complexity index is 665. The molecule has 1 fully saturated rings. The molecule has 19 heavy (non-hydrogen) atoms. The summed E-state index contributed by atoms with van der Waals surface area (Å²) in [5.74, 6) is 0.782. The van der Waals surface area contributed by atoms with Crippen LogP contribution in [0.5, 0.6) is 0 Å². The molecule has 6 heteroatoms. The van der Waals surface area contributed by atoms with Crippen molar-refractivity contribution < 1.29 is 9.90 Å². The van der Waals surface area contributed by atoms with Gasteiger partial charge in [-0.25, -0.2) is 14.5 Å². The second kappa shape index (κ2) is 3.63. The SMILES string of the molecule is O=C(O)c1nn(-c2cnccn2)c2c1CC[C@@H]1C[C@H]21. The fourth-order valence-corrected chi connectivity index (χ4v) is 3.07. The van der Waals surface area contributed by atoms with Crippen molar-refractivity contribution in [2.24, 2.45) is 5.92 Å². The zero-order valence-electron chi connectivity index (χ0n) is 10.2. The number of carboxylic acid groups (broad SMARTS) is 1. The van der Waals surface area contributed by atoms with E-state index in [1.807, 2.05) is 0 Å². The van der Waals surface area contributed by atoms with Crippen molar-refractivity contribution in [3.05, 3.63) is 35.5 Å². The Morgan fingerprint density at radius 3 is 3.05 bits per heavy atom. The van der Waals surface area contributed by atoms with Gasteiger partial charge >= 0.3 is 5.97 Å². The molecule has 4 rings (SSSR count). The molecule has 0 amide bonds. The third kappa shape index (κ3) is 1.49. The van der Waals surface area contributed by atoms with Gasteiger partial charge in [-0.05, 0) is 25.2 Å². The van der Waals surface area contributed by atoms with Gasteiger partial charge in [0.25, 0.3) is 0 Å². The van der Waals surface area contributed by atoms with Crippen molar-refractivity contribution in [1.29, 1.82) is 0 Å². The second-order valence-electron chi connectivity index (χ2n) is 5.13. The first-order valence-electron chi connectivity index (χ1n) is 6.37. The number of fused-ring (bicyclic) bond motifs is 3. The number of hydrogen-bond donors (Lipinski definition) is 1. The first-order valence-corrected chi connectivity index (χ1v) is 6.37. The van der Waals surface area contributed by atoms with Gasteiger partial charge in [-0.2, -0.15) is 5.10 Å². The van der Waals surface area contributed by atoms with E-state index >= 15 is 0 Å². The van der Waals surface area contributed by atoms with Gasteiger partial charge in [0.15, 0.2) is 11.5 Å². The van der Waals surface area contributed by atoms with Crippen LogP contribution >= 0.6 is 0 Å². The van der Waals surface area contributed by atoms with E-state index in [-0.39, 0.29) is 5.69 Å². The molecule has 0 bridgehead atoms. The van der Waals surface area contributed by atoms with Crippen LogP contribution in [0.4, 0.5) is 0 Å². The molecule has 2 heterocycles. The van der Waals surface area contributed by atoms with E-state index in [2.05, 4.69) is 15.1 Å². The van der Waals surface area contributed by atoms with Crippen molar-refractivity contribution in [2.75, 3.05) is 0 Å². The lowest BCUT2D eigenvalue weighted by molar-refractivity contribution is 0.0688. The summed E-state index contributed by atoms with van der Waals surface area (Å²) in [4.78, 5) is 19.6. The molecule has 96 valence electrons. The highest BCUT2D eigenvalue weighted by atomic mass is 16.4. The number of hydrogen-bond acceptors (Lipinski definition) is 4. The molecule has 0 aliphatic heterocycles. The van der Waals surface area contributed by atoms with Crippen LogP contribution in [0.25, 0.3) is 5.82 Å². The first kappa shape index (κ1) is 10.7. The predicted octanol–water partition coefficient (Wildman–Crippen LogP) is 1.41. The number of rotatable bonds is 2. The number of aromatic carboxylic acids is 1. The van der Waals surface area contributed by atoms with E-state index in [1.165, 1.54) is 0 Å². The zero-order valence-corrected chi connectivity index (χ0v) is 10.2. The number of nitrogens with zero attached hydrogens (tertiary/aromatic N) is 4. The second-order valence-corrected chi connectivity index (χ2v) is 5.13. The average Bonchev–Trinajstić information content (AvgIpc) is 3.11. The van der Waals surface area contributed by atoms with Crippen molar-refractivity contribution >= 4 is 5.97 Å². The zero-order chi connectivity index (χ0) is 13.0. The van der Waals surface area contributed by atoms with Gasteiger partial charge in [0.1, 0.15) is 0 Å². The van der Waals surface area contributed by atoms with Crippen LogP contribution in [0, 0.1) is 5.92 Å². The first-order chi connectivity index (χ1) is 9.25. The molecule has 1 saturated carbocycles. The molecule has 0 spiro atoms. The minimum absolute atomic E-state index is 0.172. The Hall–Kier alpha value is -2.24. The lowest BCUT2D eigenvalue weighted by atomic mass is 9.96. The summed E-state index contributed by atoms with van der Waals surface area (Å²) >= 11 is 0. The van der Waals surface area contributed by atoms with E-state index in [0.717, 1.165) is 30.5 Å². The van der Waals surface area contributed by atoms with Gasteiger partial charge in [0.2, 0.25) is 0 Å². The summed E-state index contributed by atoms with van der Waals surface area (Å²) in [6, 6.07) is 0. The fraction of sp³-hybridized carbons (Fsp3) is 0.385. The summed E-state index contributed by atoms with van der Waals surface area (Å²) in [6.07, 6.45) is 7.82. The minimum atomic E-state index is -0.960. The Morgan fingerprint density at radius 2 is 2.32 bits per heavy atom. The molecule has 2 aromatic rings. The van der Waals surface area contributed by atoms with E-state index < -0.39 is 5.97 Å². The number of carboxylic acids is 1. The van der Waals surface area contributed by atoms with E-state index in [0.29, 0.717) is 17.7 Å². The molecule has 0 unspecified atom stereocenters. The maximum atomic E-state index is 11.3. The molecular formula is C13H12N4O2. The van der Waals surface area contributed by atoms with Crippen LogP contribution in [0.3, 0.4) is 0 Å². The van der Waals surface area contributed by atoms with Gasteiger partial charge in [-0.1, -0.05) is 0 Å². The Kier molecular flexibility index (Phi) is 2.04. The smallest absolute Gasteiger partial charge is 0.356 e. The van der Waals surface area contributed by atoms with Gasteiger partial charge < -0.3 is 5.11 Å². The largest absolute Gasteiger partial charge is 0.476 e. The summed E-state index contributed by atoms with van der Waals surface area (Å²) in [5, 5.41) is 13.5. The van der Waals surface area contributed by atoms with Crippen molar-refractivity contribution in [1.82, 2.24) is 19.7 Å². The maximum Gasteiger partial charge on any atom is 0.356 e. The van der Waals surface area contributed by atoms with E-state index in [4.69, 9.17) is 0 Å². The van der Waals surface area contributed by atoms with Crippen molar-refractivity contribution in [2.45, 2.75) is 25.2 Å². The Labute approximate surface area is 109 Å². The molecule has 2 aliphatic rings. The monoisotopic (exact) mass is 256 g/mol. The third-order valence-corrected chi connectivity index (χ3v) is 4.03. The van der Waals surface area contributed by atoms with E-state index in [1.54, 1.807) is 23.3 Å². The molecule has 2 aromatic heterocycles. The van der Waals surface area contributed by atoms with Crippen LogP contribution in [-0.4, -0.2) is 30.8 Å². The van der Waals surface area contributed by atoms with Crippen LogP contribution in [0.15, 0.2) is 18.6 Å². The van der Waals surface area contributed by atoms with Crippen LogP contribution in [0.2, 0.25) is 0 Å². The summed E-state index contributed by atoms with van der Waals surface area (Å²) in [7, 11) is 0. The average molecular weight is 256 g/mol.